The Morgan fingerprint density at radius 1 is 1.33 bits per heavy atom. The number of nitrogens with zero attached hydrogens (tertiary/aromatic N) is 2. The summed E-state index contributed by atoms with van der Waals surface area (Å²) in [5, 5.41) is 6.67. The molecule has 1 saturated carbocycles. The first-order valence-corrected chi connectivity index (χ1v) is 8.15. The number of methoxy groups -OCH3 is 2. The van der Waals surface area contributed by atoms with Crippen LogP contribution in [0.5, 0.6) is 11.5 Å². The van der Waals surface area contributed by atoms with E-state index in [0.29, 0.717) is 18.2 Å². The van der Waals surface area contributed by atoms with E-state index in [4.69, 9.17) is 9.47 Å². The van der Waals surface area contributed by atoms with Crippen molar-refractivity contribution in [2.24, 2.45) is 5.92 Å². The molecule has 6 nitrogen and oxygen atoms in total. The molecule has 1 fully saturated rings. The highest BCUT2D eigenvalue weighted by atomic mass is 16.5. The minimum atomic E-state index is -0.0372. The van der Waals surface area contributed by atoms with E-state index in [9.17, 15) is 4.79 Å². The van der Waals surface area contributed by atoms with Crippen molar-refractivity contribution in [2.75, 3.05) is 14.2 Å². The van der Waals surface area contributed by atoms with Crippen LogP contribution in [0.3, 0.4) is 0 Å². The summed E-state index contributed by atoms with van der Waals surface area (Å²) in [5.74, 6) is 1.99. The number of benzene rings is 1. The third-order valence-electron chi connectivity index (χ3n) is 4.62. The topological polar surface area (TPSA) is 67.5 Å². The zero-order valence-corrected chi connectivity index (χ0v) is 14.3. The van der Waals surface area contributed by atoms with E-state index in [1.165, 1.54) is 12.8 Å². The number of amides is 1. The lowest BCUT2D eigenvalue weighted by Gasteiger charge is -2.29. The summed E-state index contributed by atoms with van der Waals surface area (Å²) in [5.41, 5.74) is 1.47. The zero-order chi connectivity index (χ0) is 17.1. The average molecular weight is 329 g/mol. The molecule has 6 heteroatoms. The van der Waals surface area contributed by atoms with Gasteiger partial charge in [-0.3, -0.25) is 9.89 Å². The van der Waals surface area contributed by atoms with Gasteiger partial charge in [-0.2, -0.15) is 5.10 Å². The third-order valence-corrected chi connectivity index (χ3v) is 4.62. The summed E-state index contributed by atoms with van der Waals surface area (Å²) in [7, 11) is 3.25. The van der Waals surface area contributed by atoms with E-state index in [2.05, 4.69) is 17.1 Å². The smallest absolute Gasteiger partial charge is 0.272 e. The molecule has 1 aromatic heterocycles. The van der Waals surface area contributed by atoms with Gasteiger partial charge in [-0.05, 0) is 43.9 Å². The van der Waals surface area contributed by atoms with Crippen molar-refractivity contribution in [1.82, 2.24) is 15.1 Å². The normalized spacial score (nSPS) is 15.0. The summed E-state index contributed by atoms with van der Waals surface area (Å²) < 4.78 is 10.7. The largest absolute Gasteiger partial charge is 0.497 e. The van der Waals surface area contributed by atoms with Crippen LogP contribution in [0, 0.1) is 5.92 Å². The van der Waals surface area contributed by atoms with Crippen LogP contribution in [0.1, 0.15) is 35.8 Å². The Morgan fingerprint density at radius 2 is 2.12 bits per heavy atom. The molecule has 1 aliphatic carbocycles. The van der Waals surface area contributed by atoms with Crippen molar-refractivity contribution < 1.29 is 14.3 Å². The fraction of sp³-hybridized carbons (Fsp3) is 0.444. The number of carbonyl (C=O) groups excluding carboxylic acids is 1. The number of hydrogen-bond acceptors (Lipinski definition) is 4. The average Bonchev–Trinajstić information content (AvgIpc) is 3.32. The maximum atomic E-state index is 12.9. The molecular formula is C18H23N3O3. The fourth-order valence-electron chi connectivity index (χ4n) is 2.93. The molecule has 0 spiro atoms. The van der Waals surface area contributed by atoms with E-state index in [1.807, 2.05) is 23.1 Å². The van der Waals surface area contributed by atoms with Crippen LogP contribution in [0.2, 0.25) is 0 Å². The maximum absolute atomic E-state index is 12.9. The lowest BCUT2D eigenvalue weighted by molar-refractivity contribution is 0.0646. The standard InChI is InChI=1S/C18H23N3O3/c1-12(13-4-5-13)21(18(22)16-8-9-19-20-16)11-14-6-7-15(23-2)10-17(14)24-3/h6-10,12-13H,4-5,11H2,1-3H3,(H,19,20)/t12-/m1/s1. The van der Waals surface area contributed by atoms with E-state index >= 15 is 0 Å². The van der Waals surface area contributed by atoms with Gasteiger partial charge in [-0.15, -0.1) is 0 Å². The molecule has 0 unspecified atom stereocenters. The molecule has 1 amide bonds. The first kappa shape index (κ1) is 16.4. The van der Waals surface area contributed by atoms with Crippen LogP contribution in [0.25, 0.3) is 0 Å². The number of nitrogens with one attached hydrogen (secondary N) is 1. The second-order valence-electron chi connectivity index (χ2n) is 6.16. The SMILES string of the molecule is COc1ccc(CN(C(=O)c2ccn[nH]2)[C@H](C)C2CC2)c(OC)c1. The van der Waals surface area contributed by atoms with Crippen LogP contribution in [-0.4, -0.2) is 41.3 Å². The van der Waals surface area contributed by atoms with Gasteiger partial charge >= 0.3 is 0 Å². The fourth-order valence-corrected chi connectivity index (χ4v) is 2.93. The predicted octanol–water partition coefficient (Wildman–Crippen LogP) is 2.87. The molecule has 0 aliphatic heterocycles. The Labute approximate surface area is 141 Å². The molecule has 1 heterocycles. The summed E-state index contributed by atoms with van der Waals surface area (Å²) in [4.78, 5) is 14.8. The summed E-state index contributed by atoms with van der Waals surface area (Å²) >= 11 is 0. The van der Waals surface area contributed by atoms with Gasteiger partial charge < -0.3 is 14.4 Å². The van der Waals surface area contributed by atoms with Crippen molar-refractivity contribution in [1.29, 1.82) is 0 Å². The van der Waals surface area contributed by atoms with Crippen molar-refractivity contribution in [3.8, 4) is 11.5 Å². The Kier molecular flexibility index (Phi) is 4.74. The number of hydrogen-bond donors (Lipinski definition) is 1. The summed E-state index contributed by atoms with van der Waals surface area (Å²) in [6.45, 7) is 2.60. The molecule has 1 aliphatic rings. The highest BCUT2D eigenvalue weighted by Crippen LogP contribution is 2.37. The number of aromatic amines is 1. The second-order valence-corrected chi connectivity index (χ2v) is 6.16. The third kappa shape index (κ3) is 3.37. The van der Waals surface area contributed by atoms with Gasteiger partial charge in [0.05, 0.1) is 14.2 Å². The number of ether oxygens (including phenoxy) is 2. The first-order chi connectivity index (χ1) is 11.6. The molecule has 2 aromatic rings. The van der Waals surface area contributed by atoms with Crippen LogP contribution in [0.15, 0.2) is 30.5 Å². The number of H-pyrrole nitrogens is 1. The lowest BCUT2D eigenvalue weighted by Crippen LogP contribution is -2.39. The Balaban J connectivity index is 1.87. The second kappa shape index (κ2) is 6.95. The Bertz CT molecular complexity index is 696. The van der Waals surface area contributed by atoms with Gasteiger partial charge in [-0.1, -0.05) is 0 Å². The van der Waals surface area contributed by atoms with E-state index in [1.54, 1.807) is 26.5 Å². The minimum absolute atomic E-state index is 0.0372. The van der Waals surface area contributed by atoms with E-state index in [-0.39, 0.29) is 11.9 Å². The van der Waals surface area contributed by atoms with Crippen LogP contribution in [-0.2, 0) is 6.54 Å². The molecule has 1 atom stereocenters. The van der Waals surface area contributed by atoms with Gasteiger partial charge in [0.2, 0.25) is 0 Å². The quantitative estimate of drug-likeness (QED) is 0.848. The van der Waals surface area contributed by atoms with E-state index in [0.717, 1.165) is 17.1 Å². The Hall–Kier alpha value is -2.50. The first-order valence-electron chi connectivity index (χ1n) is 8.15. The summed E-state index contributed by atoms with van der Waals surface area (Å²) in [6.07, 6.45) is 3.95. The number of rotatable bonds is 7. The van der Waals surface area contributed by atoms with Gasteiger partial charge in [0.25, 0.3) is 5.91 Å². The van der Waals surface area contributed by atoms with E-state index < -0.39 is 0 Å². The van der Waals surface area contributed by atoms with Gasteiger partial charge in [-0.25, -0.2) is 0 Å². The van der Waals surface area contributed by atoms with Crippen molar-refractivity contribution >= 4 is 5.91 Å². The maximum Gasteiger partial charge on any atom is 0.272 e. The summed E-state index contributed by atoms with van der Waals surface area (Å²) in [6, 6.07) is 7.56. The van der Waals surface area contributed by atoms with Gasteiger partial charge in [0, 0.05) is 30.4 Å². The molecule has 0 bridgehead atoms. The monoisotopic (exact) mass is 329 g/mol. The molecule has 24 heavy (non-hydrogen) atoms. The van der Waals surface area contributed by atoms with Crippen molar-refractivity contribution in [3.63, 3.8) is 0 Å². The van der Waals surface area contributed by atoms with Crippen LogP contribution in [0.4, 0.5) is 0 Å². The zero-order valence-electron chi connectivity index (χ0n) is 14.3. The van der Waals surface area contributed by atoms with Crippen LogP contribution >= 0.6 is 0 Å². The van der Waals surface area contributed by atoms with Gasteiger partial charge in [0.15, 0.2) is 0 Å². The van der Waals surface area contributed by atoms with Crippen molar-refractivity contribution in [3.05, 3.63) is 41.7 Å². The lowest BCUT2D eigenvalue weighted by atomic mass is 10.1. The molecule has 1 N–H and O–H groups in total. The Morgan fingerprint density at radius 3 is 2.71 bits per heavy atom. The molecular weight excluding hydrogens is 306 g/mol. The highest BCUT2D eigenvalue weighted by molar-refractivity contribution is 5.92. The number of aromatic nitrogens is 2. The molecule has 3 rings (SSSR count). The van der Waals surface area contributed by atoms with Crippen LogP contribution < -0.4 is 9.47 Å². The predicted molar refractivity (Wildman–Crippen MR) is 90.2 cm³/mol. The van der Waals surface area contributed by atoms with Gasteiger partial charge in [0.1, 0.15) is 17.2 Å². The molecule has 1 aromatic carbocycles. The van der Waals surface area contributed by atoms with Crippen molar-refractivity contribution in [2.45, 2.75) is 32.4 Å². The number of carbonyl (C=O) groups is 1. The highest BCUT2D eigenvalue weighted by Gasteiger charge is 2.35. The molecule has 0 saturated heterocycles. The molecule has 0 radical (unpaired) electrons. The minimum Gasteiger partial charge on any atom is -0.497 e. The molecule has 128 valence electrons.